The monoisotopic (exact) mass is 229 g/mol. The summed E-state index contributed by atoms with van der Waals surface area (Å²) in [6.07, 6.45) is 3.79. The van der Waals surface area contributed by atoms with E-state index in [-0.39, 0.29) is 0 Å². The molecule has 1 heterocycles. The molecule has 5 nitrogen and oxygen atoms in total. The van der Waals surface area contributed by atoms with Crippen molar-refractivity contribution in [2.75, 3.05) is 25.4 Å². The van der Waals surface area contributed by atoms with Gasteiger partial charge in [-0.1, -0.05) is 11.6 Å². The first-order valence-electron chi connectivity index (χ1n) is 4.87. The molecule has 15 heavy (non-hydrogen) atoms. The van der Waals surface area contributed by atoms with Crippen LogP contribution < -0.4 is 10.0 Å². The Morgan fingerprint density at radius 1 is 1.60 bits per heavy atom. The fraction of sp³-hybridized carbons (Fsp3) is 0.667. The molecule has 0 atom stereocenters. The summed E-state index contributed by atoms with van der Waals surface area (Å²) in [6, 6.07) is 1.62. The van der Waals surface area contributed by atoms with Gasteiger partial charge in [-0.05, 0) is 19.4 Å². The fourth-order valence-corrected chi connectivity index (χ4v) is 2.08. The van der Waals surface area contributed by atoms with Crippen LogP contribution in [0.3, 0.4) is 0 Å². The van der Waals surface area contributed by atoms with Gasteiger partial charge in [0.2, 0.25) is 10.0 Å². The predicted molar refractivity (Wildman–Crippen MR) is 57.6 cm³/mol. The molecule has 0 aromatic carbocycles. The number of sulfonamides is 1. The van der Waals surface area contributed by atoms with Gasteiger partial charge in [0.15, 0.2) is 5.75 Å². The van der Waals surface area contributed by atoms with Crippen molar-refractivity contribution in [3.05, 3.63) is 11.6 Å². The molecule has 0 aromatic heterocycles. The van der Waals surface area contributed by atoms with Crippen molar-refractivity contribution in [3.63, 3.8) is 0 Å². The second kappa shape index (κ2) is 5.85. The van der Waals surface area contributed by atoms with Crippen LogP contribution in [0.5, 0.6) is 0 Å². The molecular formula is C9H15N3O2S. The third kappa shape index (κ3) is 4.93. The van der Waals surface area contributed by atoms with Gasteiger partial charge in [0, 0.05) is 13.1 Å². The molecule has 1 aliphatic heterocycles. The summed E-state index contributed by atoms with van der Waals surface area (Å²) < 4.78 is 24.6. The largest absolute Gasteiger partial charge is 0.313 e. The molecule has 0 aromatic rings. The molecule has 0 aliphatic carbocycles. The van der Waals surface area contributed by atoms with E-state index < -0.39 is 15.8 Å². The average molecular weight is 229 g/mol. The van der Waals surface area contributed by atoms with E-state index in [2.05, 4.69) is 16.1 Å². The van der Waals surface area contributed by atoms with Crippen LogP contribution in [0.1, 0.15) is 12.8 Å². The first-order chi connectivity index (χ1) is 7.14. The van der Waals surface area contributed by atoms with Crippen molar-refractivity contribution in [3.8, 4) is 6.07 Å². The van der Waals surface area contributed by atoms with E-state index in [1.807, 2.05) is 0 Å². The van der Waals surface area contributed by atoms with Crippen molar-refractivity contribution in [2.45, 2.75) is 12.8 Å². The van der Waals surface area contributed by atoms with E-state index in [0.717, 1.165) is 25.9 Å². The van der Waals surface area contributed by atoms with Gasteiger partial charge in [0.25, 0.3) is 0 Å². The number of hydrogen-bond donors (Lipinski definition) is 2. The lowest BCUT2D eigenvalue weighted by Crippen LogP contribution is -2.28. The standard InChI is InChI=1S/C9H15N3O2S/c10-4-8-15(13,14)12-7-3-9-1-5-11-6-2-9/h1,11-12H,2-3,5-8H2. The Hall–Kier alpha value is -0.900. The van der Waals surface area contributed by atoms with E-state index in [1.165, 1.54) is 5.57 Å². The molecular weight excluding hydrogens is 214 g/mol. The lowest BCUT2D eigenvalue weighted by molar-refractivity contribution is 0.583. The summed E-state index contributed by atoms with van der Waals surface area (Å²) >= 11 is 0. The van der Waals surface area contributed by atoms with Crippen LogP contribution in [0.25, 0.3) is 0 Å². The molecule has 2 N–H and O–H groups in total. The van der Waals surface area contributed by atoms with Crippen molar-refractivity contribution >= 4 is 10.0 Å². The van der Waals surface area contributed by atoms with E-state index in [4.69, 9.17) is 5.26 Å². The molecule has 1 aliphatic rings. The molecule has 0 bridgehead atoms. The van der Waals surface area contributed by atoms with Crippen LogP contribution in [0.2, 0.25) is 0 Å². The minimum absolute atomic E-state index is 0.385. The van der Waals surface area contributed by atoms with Crippen molar-refractivity contribution in [2.24, 2.45) is 0 Å². The quantitative estimate of drug-likeness (QED) is 0.636. The van der Waals surface area contributed by atoms with E-state index in [1.54, 1.807) is 6.07 Å². The summed E-state index contributed by atoms with van der Waals surface area (Å²) in [5, 5.41) is 11.4. The van der Waals surface area contributed by atoms with Gasteiger partial charge in [0.1, 0.15) is 0 Å². The fourth-order valence-electron chi connectivity index (χ4n) is 1.40. The van der Waals surface area contributed by atoms with Crippen molar-refractivity contribution in [1.29, 1.82) is 5.26 Å². The highest BCUT2D eigenvalue weighted by atomic mass is 32.2. The second-order valence-electron chi connectivity index (χ2n) is 3.38. The van der Waals surface area contributed by atoms with Gasteiger partial charge in [-0.3, -0.25) is 0 Å². The minimum Gasteiger partial charge on any atom is -0.313 e. The Balaban J connectivity index is 2.27. The number of nitrogens with zero attached hydrogens (tertiary/aromatic N) is 1. The summed E-state index contributed by atoms with van der Waals surface area (Å²) in [4.78, 5) is 0. The molecule has 0 fully saturated rings. The van der Waals surface area contributed by atoms with Gasteiger partial charge < -0.3 is 5.32 Å². The molecule has 0 spiro atoms. The highest BCUT2D eigenvalue weighted by Gasteiger charge is 2.09. The van der Waals surface area contributed by atoms with Gasteiger partial charge >= 0.3 is 0 Å². The maximum Gasteiger partial charge on any atom is 0.225 e. The van der Waals surface area contributed by atoms with Gasteiger partial charge in [-0.25, -0.2) is 13.1 Å². The third-order valence-electron chi connectivity index (χ3n) is 2.18. The van der Waals surface area contributed by atoms with Crippen LogP contribution in [-0.2, 0) is 10.0 Å². The number of rotatable bonds is 5. The molecule has 1 rings (SSSR count). The van der Waals surface area contributed by atoms with Gasteiger partial charge in [0.05, 0.1) is 6.07 Å². The molecule has 0 amide bonds. The zero-order chi connectivity index (χ0) is 11.1. The topological polar surface area (TPSA) is 82.0 Å². The molecule has 0 saturated carbocycles. The van der Waals surface area contributed by atoms with Crippen molar-refractivity contribution < 1.29 is 8.42 Å². The van der Waals surface area contributed by atoms with Crippen LogP contribution in [-0.4, -0.2) is 33.8 Å². The van der Waals surface area contributed by atoms with Gasteiger partial charge in [-0.2, -0.15) is 5.26 Å². The zero-order valence-corrected chi connectivity index (χ0v) is 9.31. The molecule has 0 unspecified atom stereocenters. The zero-order valence-electron chi connectivity index (χ0n) is 8.49. The second-order valence-corrected chi connectivity index (χ2v) is 5.18. The molecule has 0 saturated heterocycles. The van der Waals surface area contributed by atoms with Gasteiger partial charge in [-0.15, -0.1) is 0 Å². The smallest absolute Gasteiger partial charge is 0.225 e. The average Bonchev–Trinajstić information content (AvgIpc) is 2.19. The highest BCUT2D eigenvalue weighted by Crippen LogP contribution is 2.07. The maximum atomic E-state index is 11.1. The van der Waals surface area contributed by atoms with Crippen LogP contribution in [0.4, 0.5) is 0 Å². The molecule has 0 radical (unpaired) electrons. The third-order valence-corrected chi connectivity index (χ3v) is 3.33. The van der Waals surface area contributed by atoms with Crippen LogP contribution in [0, 0.1) is 11.3 Å². The van der Waals surface area contributed by atoms with E-state index in [0.29, 0.717) is 6.54 Å². The summed E-state index contributed by atoms with van der Waals surface area (Å²) in [5.41, 5.74) is 1.27. The first kappa shape index (κ1) is 12.2. The Kier molecular flexibility index (Phi) is 4.75. The predicted octanol–water partition coefficient (Wildman–Crippen LogP) is -0.261. The van der Waals surface area contributed by atoms with E-state index in [9.17, 15) is 8.42 Å². The van der Waals surface area contributed by atoms with Crippen molar-refractivity contribution in [1.82, 2.24) is 10.0 Å². The van der Waals surface area contributed by atoms with Crippen LogP contribution in [0.15, 0.2) is 11.6 Å². The lowest BCUT2D eigenvalue weighted by Gasteiger charge is -2.13. The maximum absolute atomic E-state index is 11.1. The number of nitrogens with one attached hydrogen (secondary N) is 2. The van der Waals surface area contributed by atoms with E-state index >= 15 is 0 Å². The Morgan fingerprint density at radius 3 is 3.00 bits per heavy atom. The molecule has 6 heteroatoms. The highest BCUT2D eigenvalue weighted by molar-refractivity contribution is 7.89. The minimum atomic E-state index is -3.39. The summed E-state index contributed by atoms with van der Waals surface area (Å²) in [5.74, 6) is -0.465. The summed E-state index contributed by atoms with van der Waals surface area (Å²) in [7, 11) is -3.39. The SMILES string of the molecule is N#CCS(=O)(=O)NCCC1=CCNCC1. The first-order valence-corrected chi connectivity index (χ1v) is 6.52. The number of hydrogen-bond acceptors (Lipinski definition) is 4. The van der Waals surface area contributed by atoms with Crippen LogP contribution >= 0.6 is 0 Å². The Morgan fingerprint density at radius 2 is 2.40 bits per heavy atom. The molecule has 84 valence electrons. The normalized spacial score (nSPS) is 16.9. The Labute approximate surface area is 90.2 Å². The summed E-state index contributed by atoms with van der Waals surface area (Å²) in [6.45, 7) is 2.20. The Bertz CT molecular complexity index is 367. The lowest BCUT2D eigenvalue weighted by atomic mass is 10.1. The number of nitriles is 1.